The number of rotatable bonds is 5. The summed E-state index contributed by atoms with van der Waals surface area (Å²) in [4.78, 5) is 11.9. The summed E-state index contributed by atoms with van der Waals surface area (Å²) in [5.74, 6) is -0.0617. The highest BCUT2D eigenvalue weighted by Crippen LogP contribution is 2.22. The number of carbonyl (C=O) groups excluding carboxylic acids is 1. The maximum absolute atomic E-state index is 11.9. The van der Waals surface area contributed by atoms with Crippen LogP contribution in [0.4, 0.5) is 0 Å². The van der Waals surface area contributed by atoms with E-state index >= 15 is 0 Å². The first-order valence-corrected chi connectivity index (χ1v) is 7.54. The molecule has 2 rings (SSSR count). The summed E-state index contributed by atoms with van der Waals surface area (Å²) >= 11 is 11.9. The van der Waals surface area contributed by atoms with Crippen LogP contribution in [-0.2, 0) is 17.8 Å². The van der Waals surface area contributed by atoms with Gasteiger partial charge in [0.15, 0.2) is 0 Å². The van der Waals surface area contributed by atoms with Gasteiger partial charge in [-0.2, -0.15) is 5.26 Å². The largest absolute Gasteiger partial charge is 0.352 e. The molecular formula is C17H14Cl2N2O. The van der Waals surface area contributed by atoms with Crippen LogP contribution in [0.1, 0.15) is 23.1 Å². The summed E-state index contributed by atoms with van der Waals surface area (Å²) in [6.07, 6.45) is 0.902. The summed E-state index contributed by atoms with van der Waals surface area (Å²) in [5.41, 5.74) is 2.38. The van der Waals surface area contributed by atoms with E-state index in [1.807, 2.05) is 12.1 Å². The number of amides is 1. The second kappa shape index (κ2) is 7.84. The van der Waals surface area contributed by atoms with Gasteiger partial charge in [0, 0.05) is 23.0 Å². The lowest BCUT2D eigenvalue weighted by atomic mass is 10.1. The highest BCUT2D eigenvalue weighted by Gasteiger charge is 2.06. The van der Waals surface area contributed by atoms with Gasteiger partial charge in [-0.05, 0) is 41.8 Å². The molecule has 0 unspecified atom stereocenters. The molecule has 0 heterocycles. The van der Waals surface area contributed by atoms with Crippen LogP contribution in [-0.4, -0.2) is 5.91 Å². The number of nitrogens with one attached hydrogen (secondary N) is 1. The zero-order valence-corrected chi connectivity index (χ0v) is 13.3. The van der Waals surface area contributed by atoms with E-state index in [-0.39, 0.29) is 5.91 Å². The number of nitriles is 1. The van der Waals surface area contributed by atoms with Crippen molar-refractivity contribution in [3.63, 3.8) is 0 Å². The van der Waals surface area contributed by atoms with E-state index in [4.69, 9.17) is 28.5 Å². The topological polar surface area (TPSA) is 52.9 Å². The maximum atomic E-state index is 11.9. The van der Waals surface area contributed by atoms with Crippen molar-refractivity contribution >= 4 is 29.1 Å². The lowest BCUT2D eigenvalue weighted by Gasteiger charge is -2.07. The molecule has 0 saturated carbocycles. The monoisotopic (exact) mass is 332 g/mol. The molecule has 0 aliphatic heterocycles. The summed E-state index contributed by atoms with van der Waals surface area (Å²) in [5, 5.41) is 12.8. The molecule has 0 spiro atoms. The maximum Gasteiger partial charge on any atom is 0.220 e. The van der Waals surface area contributed by atoms with E-state index in [1.54, 1.807) is 30.3 Å². The van der Waals surface area contributed by atoms with Gasteiger partial charge in [-0.3, -0.25) is 4.79 Å². The third kappa shape index (κ3) is 4.77. The number of carbonyl (C=O) groups is 1. The number of hydrogen-bond acceptors (Lipinski definition) is 2. The van der Waals surface area contributed by atoms with Crippen LogP contribution in [0.3, 0.4) is 0 Å². The Bertz CT molecular complexity index is 723. The van der Waals surface area contributed by atoms with E-state index in [2.05, 4.69) is 11.4 Å². The highest BCUT2D eigenvalue weighted by atomic mass is 35.5. The van der Waals surface area contributed by atoms with Gasteiger partial charge < -0.3 is 5.32 Å². The third-order valence-corrected chi connectivity index (χ3v) is 3.77. The fourth-order valence-corrected chi connectivity index (χ4v) is 2.52. The predicted molar refractivity (Wildman–Crippen MR) is 87.8 cm³/mol. The van der Waals surface area contributed by atoms with Crippen molar-refractivity contribution in [2.45, 2.75) is 19.4 Å². The average molecular weight is 333 g/mol. The van der Waals surface area contributed by atoms with E-state index in [9.17, 15) is 4.79 Å². The Labute approximate surface area is 139 Å². The Morgan fingerprint density at radius 1 is 1.18 bits per heavy atom. The molecule has 0 radical (unpaired) electrons. The van der Waals surface area contributed by atoms with Crippen LogP contribution in [0.5, 0.6) is 0 Å². The van der Waals surface area contributed by atoms with E-state index in [1.165, 1.54) is 0 Å². The Kier molecular flexibility index (Phi) is 5.83. The summed E-state index contributed by atoms with van der Waals surface area (Å²) < 4.78 is 0. The first-order valence-electron chi connectivity index (χ1n) is 6.78. The number of benzene rings is 2. The molecule has 0 aliphatic rings. The van der Waals surface area contributed by atoms with E-state index < -0.39 is 0 Å². The molecule has 22 heavy (non-hydrogen) atoms. The van der Waals surface area contributed by atoms with E-state index in [0.717, 1.165) is 11.1 Å². The van der Waals surface area contributed by atoms with Crippen molar-refractivity contribution in [1.82, 2.24) is 5.32 Å². The van der Waals surface area contributed by atoms with E-state index in [0.29, 0.717) is 35.0 Å². The molecule has 2 aromatic rings. The molecule has 0 atom stereocenters. The van der Waals surface area contributed by atoms with Gasteiger partial charge in [-0.15, -0.1) is 0 Å². The summed E-state index contributed by atoms with van der Waals surface area (Å²) in [7, 11) is 0. The minimum Gasteiger partial charge on any atom is -0.352 e. The molecule has 112 valence electrons. The molecule has 0 aromatic heterocycles. The fraction of sp³-hybridized carbons (Fsp3) is 0.176. The zero-order chi connectivity index (χ0) is 15.9. The fourth-order valence-electron chi connectivity index (χ4n) is 2.01. The van der Waals surface area contributed by atoms with Gasteiger partial charge in [0.2, 0.25) is 5.91 Å². The Morgan fingerprint density at radius 2 is 2.00 bits per heavy atom. The molecule has 2 aromatic carbocycles. The number of aryl methyl sites for hydroxylation is 1. The van der Waals surface area contributed by atoms with Crippen molar-refractivity contribution in [2.75, 3.05) is 0 Å². The van der Waals surface area contributed by atoms with Gasteiger partial charge in [-0.25, -0.2) is 0 Å². The number of nitrogens with zero attached hydrogens (tertiary/aromatic N) is 1. The van der Waals surface area contributed by atoms with Crippen LogP contribution in [0.25, 0.3) is 0 Å². The standard InChI is InChI=1S/C17H14Cl2N2O/c18-15-6-4-14(16(19)9-15)5-7-17(22)21-11-13-3-1-2-12(8-13)10-20/h1-4,6,8-9H,5,7,11H2,(H,21,22). The summed E-state index contributed by atoms with van der Waals surface area (Å²) in [6.45, 7) is 0.405. The Balaban J connectivity index is 1.84. The molecule has 0 bridgehead atoms. The molecule has 0 saturated heterocycles. The molecule has 0 aliphatic carbocycles. The lowest BCUT2D eigenvalue weighted by Crippen LogP contribution is -2.23. The van der Waals surface area contributed by atoms with Crippen molar-refractivity contribution in [3.8, 4) is 6.07 Å². The van der Waals surface area contributed by atoms with Crippen LogP contribution in [0.15, 0.2) is 42.5 Å². The quantitative estimate of drug-likeness (QED) is 0.895. The van der Waals surface area contributed by atoms with Gasteiger partial charge in [-0.1, -0.05) is 41.4 Å². The van der Waals surface area contributed by atoms with Crippen molar-refractivity contribution in [2.24, 2.45) is 0 Å². The van der Waals surface area contributed by atoms with Gasteiger partial charge >= 0.3 is 0 Å². The SMILES string of the molecule is N#Cc1cccc(CNC(=O)CCc2ccc(Cl)cc2Cl)c1. The van der Waals surface area contributed by atoms with Crippen LogP contribution < -0.4 is 5.32 Å². The van der Waals surface area contributed by atoms with Gasteiger partial charge in [0.05, 0.1) is 11.6 Å². The molecule has 1 amide bonds. The molecular weight excluding hydrogens is 319 g/mol. The van der Waals surface area contributed by atoms with Gasteiger partial charge in [0.1, 0.15) is 0 Å². The molecule has 0 fully saturated rings. The molecule has 3 nitrogen and oxygen atoms in total. The van der Waals surface area contributed by atoms with Crippen molar-refractivity contribution < 1.29 is 4.79 Å². The molecule has 5 heteroatoms. The molecule has 1 N–H and O–H groups in total. The average Bonchev–Trinajstić information content (AvgIpc) is 2.52. The second-order valence-corrected chi connectivity index (χ2v) is 5.67. The highest BCUT2D eigenvalue weighted by molar-refractivity contribution is 6.35. The third-order valence-electron chi connectivity index (χ3n) is 3.18. The minimum atomic E-state index is -0.0617. The number of halogens is 2. The van der Waals surface area contributed by atoms with Crippen molar-refractivity contribution in [1.29, 1.82) is 5.26 Å². The Hall–Kier alpha value is -2.02. The van der Waals surface area contributed by atoms with Crippen LogP contribution in [0.2, 0.25) is 10.0 Å². The van der Waals surface area contributed by atoms with Crippen LogP contribution >= 0.6 is 23.2 Å². The zero-order valence-electron chi connectivity index (χ0n) is 11.8. The minimum absolute atomic E-state index is 0.0617. The van der Waals surface area contributed by atoms with Gasteiger partial charge in [0.25, 0.3) is 0 Å². The summed E-state index contributed by atoms with van der Waals surface area (Å²) in [6, 6.07) is 14.5. The smallest absolute Gasteiger partial charge is 0.220 e. The first kappa shape index (κ1) is 16.4. The predicted octanol–water partition coefficient (Wildman–Crippen LogP) is 4.11. The first-order chi connectivity index (χ1) is 10.6. The second-order valence-electron chi connectivity index (χ2n) is 4.82. The number of hydrogen-bond donors (Lipinski definition) is 1. The Morgan fingerprint density at radius 3 is 2.73 bits per heavy atom. The van der Waals surface area contributed by atoms with Crippen molar-refractivity contribution in [3.05, 3.63) is 69.2 Å². The lowest BCUT2D eigenvalue weighted by molar-refractivity contribution is -0.121. The normalized spacial score (nSPS) is 10.0. The van der Waals surface area contributed by atoms with Crippen LogP contribution in [0, 0.1) is 11.3 Å².